The van der Waals surface area contributed by atoms with Crippen molar-refractivity contribution in [3.05, 3.63) is 35.4 Å². The van der Waals surface area contributed by atoms with Crippen LogP contribution in [0.25, 0.3) is 6.08 Å². The minimum absolute atomic E-state index is 0.183. The van der Waals surface area contributed by atoms with Gasteiger partial charge in [-0.3, -0.25) is 0 Å². The van der Waals surface area contributed by atoms with E-state index in [-0.39, 0.29) is 5.56 Å². The Morgan fingerprint density at radius 2 is 2.38 bits per heavy atom. The van der Waals surface area contributed by atoms with Crippen LogP contribution in [0.15, 0.2) is 18.3 Å². The second kappa shape index (κ2) is 3.80. The number of hydrogen-bond acceptors (Lipinski definition) is 2. The fourth-order valence-corrected chi connectivity index (χ4v) is 0.853. The SMILES string of the molecule is Cc1cnc(F)c(C=CC(=O)O)c1. The van der Waals surface area contributed by atoms with Crippen LogP contribution in [0, 0.1) is 12.9 Å². The molecule has 0 saturated heterocycles. The van der Waals surface area contributed by atoms with E-state index in [1.165, 1.54) is 18.3 Å². The summed E-state index contributed by atoms with van der Waals surface area (Å²) in [5, 5.41) is 8.31. The average Bonchev–Trinajstić information content (AvgIpc) is 2.06. The maximum absolute atomic E-state index is 12.9. The van der Waals surface area contributed by atoms with Crippen LogP contribution in [-0.2, 0) is 4.79 Å². The Labute approximate surface area is 74.5 Å². The lowest BCUT2D eigenvalue weighted by atomic mass is 10.2. The van der Waals surface area contributed by atoms with Gasteiger partial charge in [0.1, 0.15) is 0 Å². The molecule has 0 unspecified atom stereocenters. The average molecular weight is 181 g/mol. The van der Waals surface area contributed by atoms with Gasteiger partial charge in [-0.15, -0.1) is 0 Å². The topological polar surface area (TPSA) is 50.2 Å². The fraction of sp³-hybridized carbons (Fsp3) is 0.111. The van der Waals surface area contributed by atoms with Crippen LogP contribution >= 0.6 is 0 Å². The maximum Gasteiger partial charge on any atom is 0.328 e. The third-order valence-corrected chi connectivity index (χ3v) is 1.41. The molecule has 0 saturated carbocycles. The number of carbonyl (C=O) groups is 1. The van der Waals surface area contributed by atoms with Crippen molar-refractivity contribution in [2.24, 2.45) is 0 Å². The summed E-state index contributed by atoms with van der Waals surface area (Å²) in [6, 6.07) is 1.53. The number of nitrogens with zero attached hydrogens (tertiary/aromatic N) is 1. The molecule has 0 amide bonds. The number of pyridine rings is 1. The standard InChI is InChI=1S/C9H8FNO2/c1-6-4-7(2-3-8(12)13)9(10)11-5-6/h2-5H,1H3,(H,12,13). The number of halogens is 1. The molecule has 0 fully saturated rings. The van der Waals surface area contributed by atoms with Crippen molar-refractivity contribution in [1.29, 1.82) is 0 Å². The summed E-state index contributed by atoms with van der Waals surface area (Å²) >= 11 is 0. The molecular formula is C9H8FNO2. The van der Waals surface area contributed by atoms with Crippen LogP contribution in [0.5, 0.6) is 0 Å². The van der Waals surface area contributed by atoms with Gasteiger partial charge in [0, 0.05) is 17.8 Å². The Hall–Kier alpha value is -1.71. The fourth-order valence-electron chi connectivity index (χ4n) is 0.853. The minimum atomic E-state index is -1.11. The predicted molar refractivity (Wildman–Crippen MR) is 45.6 cm³/mol. The molecular weight excluding hydrogens is 173 g/mol. The van der Waals surface area contributed by atoms with Gasteiger partial charge in [0.15, 0.2) is 0 Å². The highest BCUT2D eigenvalue weighted by molar-refractivity contribution is 5.85. The van der Waals surface area contributed by atoms with Gasteiger partial charge in [-0.25, -0.2) is 9.78 Å². The summed E-state index contributed by atoms with van der Waals surface area (Å²) < 4.78 is 12.9. The molecule has 0 aromatic carbocycles. The Balaban J connectivity index is 3.00. The van der Waals surface area contributed by atoms with Crippen molar-refractivity contribution in [3.63, 3.8) is 0 Å². The summed E-state index contributed by atoms with van der Waals surface area (Å²) in [5.74, 6) is -1.77. The first-order valence-electron chi connectivity index (χ1n) is 3.63. The molecule has 13 heavy (non-hydrogen) atoms. The van der Waals surface area contributed by atoms with E-state index in [2.05, 4.69) is 4.98 Å². The van der Waals surface area contributed by atoms with Crippen LogP contribution in [0.2, 0.25) is 0 Å². The van der Waals surface area contributed by atoms with Crippen molar-refractivity contribution in [1.82, 2.24) is 4.98 Å². The minimum Gasteiger partial charge on any atom is -0.478 e. The summed E-state index contributed by atoms with van der Waals surface area (Å²) in [4.78, 5) is 13.6. The highest BCUT2D eigenvalue weighted by atomic mass is 19.1. The van der Waals surface area contributed by atoms with E-state index < -0.39 is 11.9 Å². The van der Waals surface area contributed by atoms with E-state index in [4.69, 9.17) is 5.11 Å². The Morgan fingerprint density at radius 3 is 3.00 bits per heavy atom. The van der Waals surface area contributed by atoms with Crippen LogP contribution in [0.3, 0.4) is 0 Å². The zero-order valence-electron chi connectivity index (χ0n) is 6.99. The van der Waals surface area contributed by atoms with Gasteiger partial charge in [-0.2, -0.15) is 4.39 Å². The van der Waals surface area contributed by atoms with E-state index in [1.807, 2.05) is 0 Å². The lowest BCUT2D eigenvalue weighted by Crippen LogP contribution is -1.91. The number of carboxylic acid groups (broad SMARTS) is 1. The predicted octanol–water partition coefficient (Wildman–Crippen LogP) is 1.63. The zero-order valence-corrected chi connectivity index (χ0v) is 6.99. The maximum atomic E-state index is 12.9. The third kappa shape index (κ3) is 2.66. The largest absolute Gasteiger partial charge is 0.478 e. The molecule has 0 atom stereocenters. The Morgan fingerprint density at radius 1 is 1.69 bits per heavy atom. The van der Waals surface area contributed by atoms with Crippen molar-refractivity contribution in [2.45, 2.75) is 6.92 Å². The van der Waals surface area contributed by atoms with E-state index in [0.29, 0.717) is 0 Å². The Bertz CT molecular complexity index is 361. The van der Waals surface area contributed by atoms with E-state index in [0.717, 1.165) is 11.6 Å². The van der Waals surface area contributed by atoms with Gasteiger partial charge in [0.25, 0.3) is 0 Å². The van der Waals surface area contributed by atoms with Crippen molar-refractivity contribution in [3.8, 4) is 0 Å². The van der Waals surface area contributed by atoms with Gasteiger partial charge in [0.2, 0.25) is 5.95 Å². The summed E-state index contributed by atoms with van der Waals surface area (Å²) in [5.41, 5.74) is 0.967. The number of aromatic nitrogens is 1. The van der Waals surface area contributed by atoms with Crippen molar-refractivity contribution in [2.75, 3.05) is 0 Å². The van der Waals surface area contributed by atoms with E-state index in [1.54, 1.807) is 6.92 Å². The Kier molecular flexibility index (Phi) is 2.74. The van der Waals surface area contributed by atoms with Crippen LogP contribution in [0.1, 0.15) is 11.1 Å². The highest BCUT2D eigenvalue weighted by Crippen LogP contribution is 2.08. The quantitative estimate of drug-likeness (QED) is 0.557. The molecule has 0 aliphatic carbocycles. The number of rotatable bonds is 2. The third-order valence-electron chi connectivity index (χ3n) is 1.41. The molecule has 0 spiro atoms. The monoisotopic (exact) mass is 181 g/mol. The number of aryl methyl sites for hydroxylation is 1. The number of carboxylic acids is 1. The van der Waals surface area contributed by atoms with Crippen molar-refractivity contribution >= 4 is 12.0 Å². The molecule has 1 N–H and O–H groups in total. The van der Waals surface area contributed by atoms with Gasteiger partial charge in [-0.05, 0) is 24.6 Å². The van der Waals surface area contributed by atoms with E-state index in [9.17, 15) is 9.18 Å². The summed E-state index contributed by atoms with van der Waals surface area (Å²) in [6.07, 6.45) is 3.44. The summed E-state index contributed by atoms with van der Waals surface area (Å²) in [7, 11) is 0. The molecule has 1 aromatic rings. The molecule has 1 rings (SSSR count). The highest BCUT2D eigenvalue weighted by Gasteiger charge is 1.99. The number of hydrogen-bond donors (Lipinski definition) is 1. The molecule has 0 radical (unpaired) electrons. The molecule has 0 aliphatic heterocycles. The van der Waals surface area contributed by atoms with Crippen molar-refractivity contribution < 1.29 is 14.3 Å². The molecule has 1 heterocycles. The molecule has 0 bridgehead atoms. The molecule has 3 nitrogen and oxygen atoms in total. The molecule has 68 valence electrons. The first-order chi connectivity index (χ1) is 6.09. The van der Waals surface area contributed by atoms with Crippen LogP contribution in [-0.4, -0.2) is 16.1 Å². The molecule has 4 heteroatoms. The van der Waals surface area contributed by atoms with Crippen LogP contribution < -0.4 is 0 Å². The normalized spacial score (nSPS) is 10.6. The first kappa shape index (κ1) is 9.38. The molecule has 0 aliphatic rings. The second-order valence-electron chi connectivity index (χ2n) is 2.56. The lowest BCUT2D eigenvalue weighted by molar-refractivity contribution is -0.131. The van der Waals surface area contributed by atoms with Gasteiger partial charge in [-0.1, -0.05) is 0 Å². The van der Waals surface area contributed by atoms with Crippen LogP contribution in [0.4, 0.5) is 4.39 Å². The number of aliphatic carboxylic acids is 1. The summed E-state index contributed by atoms with van der Waals surface area (Å²) in [6.45, 7) is 1.75. The zero-order chi connectivity index (χ0) is 9.84. The smallest absolute Gasteiger partial charge is 0.328 e. The van der Waals surface area contributed by atoms with Gasteiger partial charge >= 0.3 is 5.97 Å². The van der Waals surface area contributed by atoms with Gasteiger partial charge < -0.3 is 5.11 Å². The van der Waals surface area contributed by atoms with Gasteiger partial charge in [0.05, 0.1) is 0 Å². The lowest BCUT2D eigenvalue weighted by Gasteiger charge is -1.96. The second-order valence-corrected chi connectivity index (χ2v) is 2.56. The first-order valence-corrected chi connectivity index (χ1v) is 3.63. The van der Waals surface area contributed by atoms with E-state index >= 15 is 0 Å². The molecule has 1 aromatic heterocycles.